The van der Waals surface area contributed by atoms with Crippen LogP contribution in [-0.4, -0.2) is 16.6 Å². The Morgan fingerprint density at radius 3 is 2.50 bits per heavy atom. The second-order valence-electron chi connectivity index (χ2n) is 4.68. The van der Waals surface area contributed by atoms with Crippen LogP contribution in [0, 0.1) is 22.9 Å². The van der Waals surface area contributed by atoms with Gasteiger partial charge in [-0.2, -0.15) is 0 Å². The Hall–Kier alpha value is -2.43. The van der Waals surface area contributed by atoms with Gasteiger partial charge in [0.05, 0.1) is 5.92 Å². The summed E-state index contributed by atoms with van der Waals surface area (Å²) in [4.78, 5) is 10.4. The van der Waals surface area contributed by atoms with E-state index in [9.17, 15) is 19.6 Å². The zero-order valence-electron chi connectivity index (χ0n) is 10.9. The molecule has 0 aromatic heterocycles. The SMILES string of the molecule is Cc1ccc(O)c(C(C[N+](=O)[O-])c2ccc(F)cc2)c1. The highest BCUT2D eigenvalue weighted by atomic mass is 19.1. The number of hydrogen-bond acceptors (Lipinski definition) is 3. The molecule has 0 aliphatic rings. The van der Waals surface area contributed by atoms with E-state index in [1.165, 1.54) is 30.3 Å². The number of benzene rings is 2. The van der Waals surface area contributed by atoms with E-state index < -0.39 is 16.7 Å². The molecule has 0 heterocycles. The van der Waals surface area contributed by atoms with Gasteiger partial charge in [0.25, 0.3) is 0 Å². The molecule has 0 spiro atoms. The van der Waals surface area contributed by atoms with Gasteiger partial charge in [0.15, 0.2) is 0 Å². The van der Waals surface area contributed by atoms with E-state index in [1.54, 1.807) is 12.1 Å². The molecule has 1 atom stereocenters. The van der Waals surface area contributed by atoms with E-state index in [0.29, 0.717) is 11.1 Å². The molecule has 2 aromatic rings. The van der Waals surface area contributed by atoms with Gasteiger partial charge in [-0.05, 0) is 30.7 Å². The van der Waals surface area contributed by atoms with Crippen LogP contribution in [0.25, 0.3) is 0 Å². The minimum atomic E-state index is -0.606. The Balaban J connectivity index is 2.49. The van der Waals surface area contributed by atoms with Gasteiger partial charge in [0, 0.05) is 10.5 Å². The summed E-state index contributed by atoms with van der Waals surface area (Å²) in [6, 6.07) is 10.5. The number of rotatable bonds is 4. The fourth-order valence-electron chi connectivity index (χ4n) is 2.18. The fourth-order valence-corrected chi connectivity index (χ4v) is 2.18. The Morgan fingerprint density at radius 1 is 1.25 bits per heavy atom. The first kappa shape index (κ1) is 14.0. The van der Waals surface area contributed by atoms with Crippen molar-refractivity contribution >= 4 is 0 Å². The highest BCUT2D eigenvalue weighted by molar-refractivity contribution is 5.43. The number of aromatic hydroxyl groups is 1. The molecule has 0 saturated heterocycles. The van der Waals surface area contributed by atoms with Gasteiger partial charge in [-0.1, -0.05) is 29.8 Å². The molecule has 2 rings (SSSR count). The number of phenols is 1. The first-order valence-electron chi connectivity index (χ1n) is 6.14. The molecule has 2 aromatic carbocycles. The van der Waals surface area contributed by atoms with E-state index in [1.807, 2.05) is 6.92 Å². The Labute approximate surface area is 115 Å². The van der Waals surface area contributed by atoms with Gasteiger partial charge < -0.3 is 5.11 Å². The van der Waals surface area contributed by atoms with Crippen LogP contribution in [0.2, 0.25) is 0 Å². The first-order chi connectivity index (χ1) is 9.47. The maximum Gasteiger partial charge on any atom is 0.214 e. The van der Waals surface area contributed by atoms with Crippen LogP contribution in [0.1, 0.15) is 22.6 Å². The van der Waals surface area contributed by atoms with E-state index in [0.717, 1.165) is 5.56 Å². The summed E-state index contributed by atoms with van der Waals surface area (Å²) in [5, 5.41) is 20.8. The molecule has 0 amide bonds. The summed E-state index contributed by atoms with van der Waals surface area (Å²) in [5.74, 6) is -1.00. The van der Waals surface area contributed by atoms with Crippen LogP contribution in [0.4, 0.5) is 4.39 Å². The number of phenolic OH excluding ortho intramolecular Hbond substituents is 1. The fraction of sp³-hybridized carbons (Fsp3) is 0.200. The smallest absolute Gasteiger partial charge is 0.214 e. The minimum Gasteiger partial charge on any atom is -0.508 e. The third kappa shape index (κ3) is 3.12. The number of aryl methyl sites for hydroxylation is 1. The van der Waals surface area contributed by atoms with Gasteiger partial charge >= 0.3 is 0 Å². The van der Waals surface area contributed by atoms with Gasteiger partial charge in [0.2, 0.25) is 6.54 Å². The third-order valence-corrected chi connectivity index (χ3v) is 3.16. The summed E-state index contributed by atoms with van der Waals surface area (Å²) < 4.78 is 13.0. The number of halogens is 1. The number of nitro groups is 1. The van der Waals surface area contributed by atoms with Gasteiger partial charge in [0.1, 0.15) is 11.6 Å². The molecular weight excluding hydrogens is 261 g/mol. The molecule has 104 valence electrons. The molecule has 0 bridgehead atoms. The van der Waals surface area contributed by atoms with Gasteiger partial charge in [-0.3, -0.25) is 10.1 Å². The maximum atomic E-state index is 13.0. The van der Waals surface area contributed by atoms with Crippen molar-refractivity contribution in [3.63, 3.8) is 0 Å². The van der Waals surface area contributed by atoms with Crippen LogP contribution in [0.3, 0.4) is 0 Å². The molecule has 0 aliphatic carbocycles. The highest BCUT2D eigenvalue weighted by Crippen LogP contribution is 2.32. The topological polar surface area (TPSA) is 63.4 Å². The quantitative estimate of drug-likeness (QED) is 0.688. The Kier molecular flexibility index (Phi) is 3.98. The van der Waals surface area contributed by atoms with Crippen LogP contribution >= 0.6 is 0 Å². The molecule has 0 fully saturated rings. The standard InChI is InChI=1S/C15H14FNO3/c1-10-2-7-15(18)13(8-10)14(9-17(19)20)11-3-5-12(16)6-4-11/h2-8,14,18H,9H2,1H3. The molecule has 0 radical (unpaired) electrons. The summed E-state index contributed by atoms with van der Waals surface area (Å²) in [7, 11) is 0. The van der Waals surface area contributed by atoms with E-state index >= 15 is 0 Å². The highest BCUT2D eigenvalue weighted by Gasteiger charge is 2.23. The van der Waals surface area contributed by atoms with Crippen LogP contribution < -0.4 is 0 Å². The average Bonchev–Trinajstić information content (AvgIpc) is 2.40. The molecule has 0 aliphatic heterocycles. The predicted octanol–water partition coefficient (Wildman–Crippen LogP) is 3.25. The van der Waals surface area contributed by atoms with Gasteiger partial charge in [-0.15, -0.1) is 0 Å². The van der Waals surface area contributed by atoms with E-state index in [4.69, 9.17) is 0 Å². The van der Waals surface area contributed by atoms with Crippen molar-refractivity contribution in [1.29, 1.82) is 0 Å². The summed E-state index contributed by atoms with van der Waals surface area (Å²) in [6.07, 6.45) is 0. The lowest BCUT2D eigenvalue weighted by molar-refractivity contribution is -0.481. The minimum absolute atomic E-state index is 0.00627. The average molecular weight is 275 g/mol. The zero-order valence-corrected chi connectivity index (χ0v) is 10.9. The van der Waals surface area contributed by atoms with Crippen LogP contribution in [0.5, 0.6) is 5.75 Å². The van der Waals surface area contributed by atoms with Crippen molar-refractivity contribution in [2.45, 2.75) is 12.8 Å². The van der Waals surface area contributed by atoms with Crippen molar-refractivity contribution in [1.82, 2.24) is 0 Å². The normalized spacial score (nSPS) is 12.1. The second-order valence-corrected chi connectivity index (χ2v) is 4.68. The molecule has 20 heavy (non-hydrogen) atoms. The van der Waals surface area contributed by atoms with Crippen molar-refractivity contribution in [2.75, 3.05) is 6.54 Å². The lowest BCUT2D eigenvalue weighted by atomic mass is 9.89. The van der Waals surface area contributed by atoms with Crippen molar-refractivity contribution in [3.05, 3.63) is 75.1 Å². The Morgan fingerprint density at radius 2 is 1.90 bits per heavy atom. The molecule has 1 N–H and O–H groups in total. The zero-order chi connectivity index (χ0) is 14.7. The maximum absolute atomic E-state index is 13.0. The molecule has 0 saturated carbocycles. The lowest BCUT2D eigenvalue weighted by Gasteiger charge is -2.16. The van der Waals surface area contributed by atoms with Crippen molar-refractivity contribution in [2.24, 2.45) is 0 Å². The van der Waals surface area contributed by atoms with Crippen molar-refractivity contribution < 1.29 is 14.4 Å². The van der Waals surface area contributed by atoms with Crippen LogP contribution in [0.15, 0.2) is 42.5 Å². The Bertz CT molecular complexity index is 626. The number of nitrogens with zero attached hydrogens (tertiary/aromatic N) is 1. The number of hydrogen-bond donors (Lipinski definition) is 1. The third-order valence-electron chi connectivity index (χ3n) is 3.16. The summed E-state index contributed by atoms with van der Waals surface area (Å²) >= 11 is 0. The first-order valence-corrected chi connectivity index (χ1v) is 6.14. The molecule has 4 nitrogen and oxygen atoms in total. The van der Waals surface area contributed by atoms with Crippen LogP contribution in [-0.2, 0) is 0 Å². The second kappa shape index (κ2) is 5.69. The van der Waals surface area contributed by atoms with Crippen molar-refractivity contribution in [3.8, 4) is 5.75 Å². The molecule has 5 heteroatoms. The summed E-state index contributed by atoms with van der Waals surface area (Å²) in [6.45, 7) is 1.49. The van der Waals surface area contributed by atoms with Gasteiger partial charge in [-0.25, -0.2) is 4.39 Å². The lowest BCUT2D eigenvalue weighted by Crippen LogP contribution is -2.14. The molecular formula is C15H14FNO3. The predicted molar refractivity (Wildman–Crippen MR) is 72.9 cm³/mol. The van der Waals surface area contributed by atoms with E-state index in [2.05, 4.69) is 0 Å². The molecule has 1 unspecified atom stereocenters. The monoisotopic (exact) mass is 275 g/mol. The van der Waals surface area contributed by atoms with E-state index in [-0.39, 0.29) is 12.3 Å². The summed E-state index contributed by atoms with van der Waals surface area (Å²) in [5.41, 5.74) is 1.98. The largest absolute Gasteiger partial charge is 0.508 e.